The number of aromatic nitrogens is 5. The summed E-state index contributed by atoms with van der Waals surface area (Å²) in [6.07, 6.45) is 3.49. The van der Waals surface area contributed by atoms with Gasteiger partial charge >= 0.3 is 0 Å². The summed E-state index contributed by atoms with van der Waals surface area (Å²) in [5.41, 5.74) is 1.96. The van der Waals surface area contributed by atoms with E-state index in [-0.39, 0.29) is 5.91 Å². The van der Waals surface area contributed by atoms with Crippen molar-refractivity contribution in [2.24, 2.45) is 0 Å². The second-order valence-corrected chi connectivity index (χ2v) is 8.85. The summed E-state index contributed by atoms with van der Waals surface area (Å²) in [5.74, 6) is 0.491. The van der Waals surface area contributed by atoms with Gasteiger partial charge in [-0.15, -0.1) is 28.1 Å². The van der Waals surface area contributed by atoms with Crippen LogP contribution in [0.25, 0.3) is 21.6 Å². The van der Waals surface area contributed by atoms with Crippen LogP contribution in [0.4, 0.5) is 5.13 Å². The first-order valence-electron chi connectivity index (χ1n) is 8.48. The van der Waals surface area contributed by atoms with Crippen molar-refractivity contribution in [1.82, 2.24) is 25.0 Å². The monoisotopic (exact) mass is 428 g/mol. The Bertz CT molecular complexity index is 1130. The van der Waals surface area contributed by atoms with Gasteiger partial charge in [-0.05, 0) is 24.4 Å². The summed E-state index contributed by atoms with van der Waals surface area (Å²) in [6.45, 7) is 6.36. The fourth-order valence-electron chi connectivity index (χ4n) is 2.63. The molecule has 0 bridgehead atoms. The Morgan fingerprint density at radius 2 is 2.32 bits per heavy atom. The fourth-order valence-corrected chi connectivity index (χ4v) is 4.82. The number of nitrogens with one attached hydrogen (secondary N) is 1. The summed E-state index contributed by atoms with van der Waals surface area (Å²) in [4.78, 5) is 18.7. The van der Waals surface area contributed by atoms with Crippen LogP contribution in [0, 0.1) is 0 Å². The van der Waals surface area contributed by atoms with Gasteiger partial charge in [-0.25, -0.2) is 9.67 Å². The maximum atomic E-state index is 13.0. The Morgan fingerprint density at radius 1 is 1.43 bits per heavy atom. The number of thioether (sulfide) groups is 1. The van der Waals surface area contributed by atoms with Gasteiger partial charge in [0.25, 0.3) is 5.91 Å². The molecule has 4 aromatic rings. The van der Waals surface area contributed by atoms with Crippen molar-refractivity contribution in [1.29, 1.82) is 0 Å². The smallest absolute Gasteiger partial charge is 0.258 e. The van der Waals surface area contributed by atoms with Crippen LogP contribution in [0.2, 0.25) is 0 Å². The molecule has 28 heavy (non-hydrogen) atoms. The van der Waals surface area contributed by atoms with Crippen LogP contribution in [0.1, 0.15) is 17.3 Å². The Balaban J connectivity index is 1.70. The molecule has 4 aromatic heterocycles. The largest absolute Gasteiger partial charge is 0.296 e. The lowest BCUT2D eigenvalue weighted by molar-refractivity contribution is 0.102. The highest BCUT2D eigenvalue weighted by Gasteiger charge is 2.19. The molecule has 0 spiro atoms. The molecule has 142 valence electrons. The van der Waals surface area contributed by atoms with E-state index in [0.29, 0.717) is 28.3 Å². The summed E-state index contributed by atoms with van der Waals surface area (Å²) in [6, 6.07) is 5.76. The van der Waals surface area contributed by atoms with Gasteiger partial charge < -0.3 is 0 Å². The molecule has 0 unspecified atom stereocenters. The molecule has 1 amide bonds. The summed E-state index contributed by atoms with van der Waals surface area (Å²) in [5, 5.41) is 18.5. The van der Waals surface area contributed by atoms with Crippen LogP contribution >= 0.6 is 34.4 Å². The lowest BCUT2D eigenvalue weighted by Gasteiger charge is -2.07. The molecule has 7 nitrogen and oxygen atoms in total. The molecule has 0 aliphatic heterocycles. The molecular weight excluding hydrogens is 412 g/mol. The number of rotatable bonds is 7. The number of hydrogen-bond acceptors (Lipinski definition) is 8. The highest BCUT2D eigenvalue weighted by Crippen LogP contribution is 2.29. The average Bonchev–Trinajstić information content (AvgIpc) is 3.45. The summed E-state index contributed by atoms with van der Waals surface area (Å²) >= 11 is 4.45. The number of hydrogen-bond donors (Lipinski definition) is 1. The highest BCUT2D eigenvalue weighted by molar-refractivity contribution is 8.01. The van der Waals surface area contributed by atoms with Crippen LogP contribution in [0.15, 0.2) is 46.8 Å². The highest BCUT2D eigenvalue weighted by atomic mass is 32.2. The minimum atomic E-state index is -0.253. The zero-order chi connectivity index (χ0) is 19.5. The first-order valence-corrected chi connectivity index (χ1v) is 11.2. The molecule has 0 atom stereocenters. The molecule has 4 heterocycles. The molecule has 0 saturated carbocycles. The van der Waals surface area contributed by atoms with Gasteiger partial charge in [0.1, 0.15) is 0 Å². The van der Waals surface area contributed by atoms with Crippen molar-refractivity contribution < 1.29 is 4.79 Å². The zero-order valence-corrected chi connectivity index (χ0v) is 17.4. The summed E-state index contributed by atoms with van der Waals surface area (Å²) < 4.78 is 2.58. The Kier molecular flexibility index (Phi) is 5.51. The predicted molar refractivity (Wildman–Crippen MR) is 115 cm³/mol. The number of fused-ring (bicyclic) bond motifs is 1. The van der Waals surface area contributed by atoms with E-state index in [2.05, 4.69) is 27.2 Å². The maximum Gasteiger partial charge on any atom is 0.258 e. The molecule has 10 heteroatoms. The average molecular weight is 429 g/mol. The first-order chi connectivity index (χ1) is 13.7. The van der Waals surface area contributed by atoms with Crippen molar-refractivity contribution in [3.05, 3.63) is 48.0 Å². The fraction of sp³-hybridized carbons (Fsp3) is 0.167. The van der Waals surface area contributed by atoms with Crippen LogP contribution < -0.4 is 5.32 Å². The van der Waals surface area contributed by atoms with Gasteiger partial charge in [-0.1, -0.05) is 35.2 Å². The number of thiophene rings is 1. The molecule has 1 N–H and O–H groups in total. The van der Waals surface area contributed by atoms with E-state index < -0.39 is 0 Å². The van der Waals surface area contributed by atoms with Gasteiger partial charge in [0.2, 0.25) is 5.13 Å². The van der Waals surface area contributed by atoms with Gasteiger partial charge in [0, 0.05) is 12.3 Å². The van der Waals surface area contributed by atoms with E-state index in [1.165, 1.54) is 23.1 Å². The second-order valence-electron chi connectivity index (χ2n) is 5.66. The predicted octanol–water partition coefficient (Wildman–Crippen LogP) is 4.56. The van der Waals surface area contributed by atoms with Crippen molar-refractivity contribution >= 4 is 56.5 Å². The molecule has 0 radical (unpaired) electrons. The maximum absolute atomic E-state index is 13.0. The first kappa shape index (κ1) is 18.8. The number of aryl methyl sites for hydroxylation is 1. The standard InChI is InChI=1S/C18H16N6OS3/c1-3-7-27-18-23-22-17(28-18)21-16(25)11-9-13(14-6-5-8-26-14)20-15-12(11)10-19-24(15)4-2/h3,5-6,8-10H,1,4,7H2,2H3,(H,21,22,25). The van der Waals surface area contributed by atoms with Gasteiger partial charge in [0.05, 0.1) is 27.7 Å². The van der Waals surface area contributed by atoms with E-state index >= 15 is 0 Å². The molecule has 0 aromatic carbocycles. The second kappa shape index (κ2) is 8.21. The van der Waals surface area contributed by atoms with E-state index in [1.54, 1.807) is 34.4 Å². The third-order valence-electron chi connectivity index (χ3n) is 3.88. The topological polar surface area (TPSA) is 85.6 Å². The van der Waals surface area contributed by atoms with Crippen LogP contribution in [-0.4, -0.2) is 36.6 Å². The summed E-state index contributed by atoms with van der Waals surface area (Å²) in [7, 11) is 0. The van der Waals surface area contributed by atoms with Crippen LogP contribution in [0.5, 0.6) is 0 Å². The molecular formula is C18H16N6OS3. The van der Waals surface area contributed by atoms with E-state index in [9.17, 15) is 4.79 Å². The molecule has 0 aliphatic rings. The number of anilines is 1. The van der Waals surface area contributed by atoms with Crippen molar-refractivity contribution in [3.63, 3.8) is 0 Å². The van der Waals surface area contributed by atoms with Crippen molar-refractivity contribution in [3.8, 4) is 10.6 Å². The minimum Gasteiger partial charge on any atom is -0.296 e. The van der Waals surface area contributed by atoms with Gasteiger partial charge in [0.15, 0.2) is 9.99 Å². The van der Waals surface area contributed by atoms with Gasteiger partial charge in [-0.3, -0.25) is 10.1 Å². The van der Waals surface area contributed by atoms with E-state index in [4.69, 9.17) is 4.98 Å². The SMILES string of the molecule is C=CCSc1nnc(NC(=O)c2cc(-c3cccs3)nc3c2cnn3CC)s1. The number of nitrogens with zero attached hydrogens (tertiary/aromatic N) is 5. The lowest BCUT2D eigenvalue weighted by atomic mass is 10.1. The molecule has 0 aliphatic carbocycles. The van der Waals surface area contributed by atoms with Crippen LogP contribution in [0.3, 0.4) is 0 Å². The molecule has 4 rings (SSSR count). The van der Waals surface area contributed by atoms with E-state index in [0.717, 1.165) is 20.7 Å². The Morgan fingerprint density at radius 3 is 3.07 bits per heavy atom. The van der Waals surface area contributed by atoms with Gasteiger partial charge in [-0.2, -0.15) is 5.10 Å². The Labute approximate surface area is 173 Å². The third kappa shape index (κ3) is 3.71. The normalized spacial score (nSPS) is 11.0. The number of carbonyl (C=O) groups is 1. The van der Waals surface area contributed by atoms with E-state index in [1.807, 2.05) is 24.4 Å². The lowest BCUT2D eigenvalue weighted by Crippen LogP contribution is -2.13. The molecule has 0 fully saturated rings. The minimum absolute atomic E-state index is 0.253. The Hall–Kier alpha value is -2.56. The number of carbonyl (C=O) groups excluding carboxylic acids is 1. The van der Waals surface area contributed by atoms with Crippen molar-refractivity contribution in [2.45, 2.75) is 17.8 Å². The third-order valence-corrected chi connectivity index (χ3v) is 6.74. The number of pyridine rings is 1. The number of amides is 1. The zero-order valence-electron chi connectivity index (χ0n) is 15.0. The molecule has 0 saturated heterocycles. The van der Waals surface area contributed by atoms with Crippen LogP contribution in [-0.2, 0) is 6.54 Å². The van der Waals surface area contributed by atoms with Crippen molar-refractivity contribution in [2.75, 3.05) is 11.1 Å². The quantitative estimate of drug-likeness (QED) is 0.264.